The van der Waals surface area contributed by atoms with Gasteiger partial charge in [-0.05, 0) is 25.0 Å². The molecule has 1 aromatic carbocycles. The van der Waals surface area contributed by atoms with Gasteiger partial charge in [0.05, 0.1) is 53.4 Å². The number of amides is 4. The Morgan fingerprint density at radius 3 is 1.18 bits per heavy atom. The maximum atomic E-state index is 12.8. The lowest BCUT2D eigenvalue weighted by Crippen LogP contribution is -2.38. The van der Waals surface area contributed by atoms with E-state index < -0.39 is 23.6 Å². The van der Waals surface area contributed by atoms with Gasteiger partial charge in [-0.3, -0.25) is 29.8 Å². The van der Waals surface area contributed by atoms with E-state index in [0.717, 1.165) is 0 Å². The number of nitrogens with zero attached hydrogens (tertiary/aromatic N) is 2. The third kappa shape index (κ3) is 3.75. The second kappa shape index (κ2) is 9.63. The summed E-state index contributed by atoms with van der Waals surface area (Å²) in [5, 5.41) is 23.3. The van der Waals surface area contributed by atoms with Crippen molar-refractivity contribution in [3.05, 3.63) is 41.9 Å². The minimum Gasteiger partial charge on any atom is -0.494 e. The summed E-state index contributed by atoms with van der Waals surface area (Å²) in [7, 11) is 3.01. The van der Waals surface area contributed by atoms with Crippen molar-refractivity contribution in [3.8, 4) is 23.6 Å². The Labute approximate surface area is 232 Å². The van der Waals surface area contributed by atoms with Crippen molar-refractivity contribution in [1.82, 2.24) is 10.6 Å². The number of rotatable bonds is 2. The highest BCUT2D eigenvalue weighted by atomic mass is 32.2. The van der Waals surface area contributed by atoms with E-state index >= 15 is 0 Å². The highest BCUT2D eigenvalue weighted by Gasteiger charge is 2.41. The summed E-state index contributed by atoms with van der Waals surface area (Å²) >= 11 is 5.04. The largest absolute Gasteiger partial charge is 0.494 e. The Kier molecular flexibility index (Phi) is 6.61. The van der Waals surface area contributed by atoms with E-state index in [0.29, 0.717) is 50.7 Å². The zero-order valence-corrected chi connectivity index (χ0v) is 23.2. The van der Waals surface area contributed by atoms with E-state index in [1.807, 2.05) is 12.1 Å². The van der Waals surface area contributed by atoms with Crippen molar-refractivity contribution in [2.45, 2.75) is 33.4 Å². The normalized spacial score (nSPS) is 18.8. The van der Waals surface area contributed by atoms with E-state index in [-0.39, 0.29) is 22.3 Å². The minimum atomic E-state index is -0.732. The van der Waals surface area contributed by atoms with Gasteiger partial charge in [0, 0.05) is 0 Å². The lowest BCUT2D eigenvalue weighted by molar-refractivity contribution is -0.128. The molecule has 0 bridgehead atoms. The number of imide groups is 2. The van der Waals surface area contributed by atoms with Crippen LogP contribution in [0.15, 0.2) is 61.5 Å². The Morgan fingerprint density at radius 2 is 0.921 bits per heavy atom. The van der Waals surface area contributed by atoms with Crippen LogP contribution in [0.25, 0.3) is 0 Å². The number of hydrogen-bond donors (Lipinski definition) is 2. The van der Waals surface area contributed by atoms with Gasteiger partial charge in [0.1, 0.15) is 34.8 Å². The van der Waals surface area contributed by atoms with Gasteiger partial charge < -0.3 is 9.47 Å². The molecule has 190 valence electrons. The van der Waals surface area contributed by atoms with Crippen LogP contribution in [-0.2, 0) is 19.2 Å². The summed E-state index contributed by atoms with van der Waals surface area (Å²) in [5.41, 5.74) is 0.786. The van der Waals surface area contributed by atoms with Crippen LogP contribution in [0.1, 0.15) is 13.8 Å². The van der Waals surface area contributed by atoms with Gasteiger partial charge in [0.15, 0.2) is 0 Å². The molecule has 0 radical (unpaired) electrons. The molecule has 4 amide bonds. The molecule has 1 aromatic rings. The molecule has 0 saturated carbocycles. The van der Waals surface area contributed by atoms with E-state index in [4.69, 9.17) is 9.47 Å². The lowest BCUT2D eigenvalue weighted by atomic mass is 9.98. The first-order chi connectivity index (χ1) is 18.2. The topological polar surface area (TPSA) is 158 Å². The van der Waals surface area contributed by atoms with E-state index in [9.17, 15) is 29.7 Å². The molecule has 0 aromatic heterocycles. The van der Waals surface area contributed by atoms with Gasteiger partial charge in [0.25, 0.3) is 23.6 Å². The van der Waals surface area contributed by atoms with Crippen LogP contribution in [0.4, 0.5) is 0 Å². The molecule has 38 heavy (non-hydrogen) atoms. The Balaban J connectivity index is 1.67. The zero-order chi connectivity index (χ0) is 27.5. The van der Waals surface area contributed by atoms with Crippen LogP contribution in [-0.4, -0.2) is 37.8 Å². The zero-order valence-electron chi connectivity index (χ0n) is 20.0. The molecule has 0 atom stereocenters. The molecule has 14 heteroatoms. The molecule has 2 N–H and O–H groups in total. The number of nitriles is 2. The van der Waals surface area contributed by atoms with Crippen molar-refractivity contribution in [1.29, 1.82) is 10.5 Å². The number of methoxy groups -OCH3 is 2. The highest BCUT2D eigenvalue weighted by Crippen LogP contribution is 2.68. The Hall–Kier alpha value is -3.56. The summed E-state index contributed by atoms with van der Waals surface area (Å²) in [4.78, 5) is 52.3. The third-order valence-corrected chi connectivity index (χ3v) is 11.1. The van der Waals surface area contributed by atoms with Gasteiger partial charge in [-0.25, -0.2) is 0 Å². The quantitative estimate of drug-likeness (QED) is 0.387. The van der Waals surface area contributed by atoms with Crippen LogP contribution in [0.5, 0.6) is 11.5 Å². The summed E-state index contributed by atoms with van der Waals surface area (Å²) < 4.78 is 12.7. The van der Waals surface area contributed by atoms with Gasteiger partial charge >= 0.3 is 0 Å². The summed E-state index contributed by atoms with van der Waals surface area (Å²) in [5.74, 6) is -1.65. The summed E-state index contributed by atoms with van der Waals surface area (Å²) in [6.07, 6.45) is 0. The molecular weight excluding hydrogens is 569 g/mol. The van der Waals surface area contributed by atoms with Crippen molar-refractivity contribution >= 4 is 70.7 Å². The van der Waals surface area contributed by atoms with Crippen molar-refractivity contribution in [3.63, 3.8) is 0 Å². The maximum absolute atomic E-state index is 12.8. The van der Waals surface area contributed by atoms with Crippen LogP contribution in [0.2, 0.25) is 0 Å². The first-order valence-corrected chi connectivity index (χ1v) is 13.9. The smallest absolute Gasteiger partial charge is 0.269 e. The molecule has 0 spiro atoms. The van der Waals surface area contributed by atoms with Crippen LogP contribution in [0.3, 0.4) is 0 Å². The van der Waals surface area contributed by atoms with Gasteiger partial charge in [-0.2, -0.15) is 10.5 Å². The van der Waals surface area contributed by atoms with Crippen LogP contribution in [0, 0.1) is 22.7 Å². The second-order valence-corrected chi connectivity index (χ2v) is 12.5. The van der Waals surface area contributed by atoms with Gasteiger partial charge in [0.2, 0.25) is 0 Å². The lowest BCUT2D eigenvalue weighted by Gasteiger charge is -2.17. The average molecular weight is 583 g/mol. The third-order valence-electron chi connectivity index (χ3n) is 5.92. The highest BCUT2D eigenvalue weighted by molar-refractivity contribution is 8.26. The minimum absolute atomic E-state index is 0.127. The molecule has 4 heterocycles. The molecule has 10 nitrogen and oxygen atoms in total. The summed E-state index contributed by atoms with van der Waals surface area (Å²) in [6, 6.07) is 3.71. The second-order valence-electron chi connectivity index (χ2n) is 7.91. The molecule has 0 unspecified atom stereocenters. The average Bonchev–Trinajstić information content (AvgIpc) is 3.47. The van der Waals surface area contributed by atoms with Crippen LogP contribution < -0.4 is 20.1 Å². The Morgan fingerprint density at radius 1 is 0.605 bits per heavy atom. The number of hydrogen-bond acceptors (Lipinski definition) is 12. The molecular formula is C24H14N4O6S4. The number of carbonyl (C=O) groups is 4. The number of thioether (sulfide) groups is 4. The monoisotopic (exact) mass is 582 g/mol. The molecule has 5 rings (SSSR count). The van der Waals surface area contributed by atoms with E-state index in [2.05, 4.69) is 10.6 Å². The number of fused-ring (bicyclic) bond motifs is 2. The fourth-order valence-corrected chi connectivity index (χ4v) is 10.1. The fraction of sp³-hybridized carbons (Fsp3) is 0.167. The van der Waals surface area contributed by atoms with E-state index in [1.165, 1.54) is 61.3 Å². The van der Waals surface area contributed by atoms with Crippen LogP contribution >= 0.6 is 47.0 Å². The predicted octanol–water partition coefficient (Wildman–Crippen LogP) is 3.52. The molecule has 4 aliphatic rings. The number of nitrogens with one attached hydrogen (secondary N) is 2. The van der Waals surface area contributed by atoms with Crippen molar-refractivity contribution in [2.75, 3.05) is 14.2 Å². The number of carbonyl (C=O) groups excluding carboxylic acids is 4. The first-order valence-electron chi connectivity index (χ1n) is 10.6. The van der Waals surface area contributed by atoms with Crippen molar-refractivity contribution in [2.24, 2.45) is 0 Å². The molecule has 0 saturated heterocycles. The van der Waals surface area contributed by atoms with Gasteiger partial charge in [-0.1, -0.05) is 47.0 Å². The standard InChI is InChI=1S/C24H14N4O6S4/c1-7-9(5-25)19(29)27-21(31)11(7)23-35-15-13(33-3)17-18(14(34-4)16(15)36-23)38-24(37-17)12-8(2)10(6-26)20(30)28-22(12)32/h1-4H3,(H,27,29,31)(H,28,30,32). The van der Waals surface area contributed by atoms with Crippen molar-refractivity contribution < 1.29 is 28.7 Å². The number of benzene rings is 1. The molecule has 0 fully saturated rings. The maximum Gasteiger partial charge on any atom is 0.269 e. The first kappa shape index (κ1) is 26.1. The molecule has 4 aliphatic heterocycles. The molecule has 0 aliphatic carbocycles. The van der Waals surface area contributed by atoms with Gasteiger partial charge in [-0.15, -0.1) is 0 Å². The number of ether oxygens (including phenoxy) is 2. The SMILES string of the molecule is COc1c2c(c(OC)c3c1SC(=C1C(=O)NC(=O)C(C#N)=C1C)S3)SC(=C1C(=O)NC(=O)C(C#N)=C1C)S2. The summed E-state index contributed by atoms with van der Waals surface area (Å²) in [6.45, 7) is 3.12. The fourth-order valence-electron chi connectivity index (χ4n) is 4.13. The van der Waals surface area contributed by atoms with E-state index in [1.54, 1.807) is 13.8 Å². The Bertz CT molecular complexity index is 1490. The predicted molar refractivity (Wildman–Crippen MR) is 140 cm³/mol.